The number of piperazine rings is 1. The minimum Gasteiger partial charge on any atom is -0.494 e. The third-order valence-electron chi connectivity index (χ3n) is 4.59. The Morgan fingerprint density at radius 1 is 0.893 bits per heavy atom. The van der Waals surface area contributed by atoms with E-state index in [0.717, 1.165) is 0 Å². The Labute approximate surface area is 165 Å². The average Bonchev–Trinajstić information content (AvgIpc) is 2.71. The molecule has 0 N–H and O–H groups in total. The molecule has 0 atom stereocenters. The van der Waals surface area contributed by atoms with E-state index in [2.05, 4.69) is 4.90 Å². The van der Waals surface area contributed by atoms with Gasteiger partial charge in [-0.2, -0.15) is 4.31 Å². The first-order valence-corrected chi connectivity index (χ1v) is 10.8. The van der Waals surface area contributed by atoms with Gasteiger partial charge in [0.2, 0.25) is 10.0 Å². The third-order valence-corrected chi connectivity index (χ3v) is 6.51. The van der Waals surface area contributed by atoms with E-state index in [-0.39, 0.29) is 10.7 Å². The molecule has 1 heterocycles. The molecule has 0 spiro atoms. The van der Waals surface area contributed by atoms with Crippen molar-refractivity contribution in [1.29, 1.82) is 0 Å². The molecule has 1 saturated heterocycles. The van der Waals surface area contributed by atoms with Crippen LogP contribution in [0.15, 0.2) is 53.4 Å². The van der Waals surface area contributed by atoms with Gasteiger partial charge in [0.05, 0.1) is 11.5 Å². The quantitative estimate of drug-likeness (QED) is 0.672. The molecule has 0 amide bonds. The van der Waals surface area contributed by atoms with Gasteiger partial charge in [0.1, 0.15) is 23.9 Å². The number of sulfonamides is 1. The monoisotopic (exact) mass is 408 g/mol. The smallest absolute Gasteiger partial charge is 0.243 e. The summed E-state index contributed by atoms with van der Waals surface area (Å²) in [6.45, 7) is 5.74. The second-order valence-electron chi connectivity index (χ2n) is 6.45. The van der Waals surface area contributed by atoms with E-state index < -0.39 is 10.0 Å². The van der Waals surface area contributed by atoms with E-state index in [4.69, 9.17) is 9.47 Å². The summed E-state index contributed by atoms with van der Waals surface area (Å²) in [4.78, 5) is 2.44. The normalized spacial score (nSPS) is 16.1. The Morgan fingerprint density at radius 3 is 2.07 bits per heavy atom. The van der Waals surface area contributed by atoms with Crippen LogP contribution in [0, 0.1) is 5.82 Å². The van der Waals surface area contributed by atoms with Gasteiger partial charge >= 0.3 is 0 Å². The van der Waals surface area contributed by atoms with Gasteiger partial charge in [-0.1, -0.05) is 0 Å². The standard InChI is InChI=1S/C20H25FN2O4S/c1-2-26-18-7-9-20(10-8-18)28(24,25)23-13-11-22(12-14-23)15-16-27-19-5-3-17(21)4-6-19/h3-10H,2,11-16H2,1H3. The molecule has 28 heavy (non-hydrogen) atoms. The maximum Gasteiger partial charge on any atom is 0.243 e. The number of hydrogen-bond donors (Lipinski definition) is 0. The van der Waals surface area contributed by atoms with Gasteiger partial charge in [-0.3, -0.25) is 4.90 Å². The molecule has 1 fully saturated rings. The van der Waals surface area contributed by atoms with Gasteiger partial charge in [0.25, 0.3) is 0 Å². The molecule has 6 nitrogen and oxygen atoms in total. The highest BCUT2D eigenvalue weighted by molar-refractivity contribution is 7.89. The van der Waals surface area contributed by atoms with Gasteiger partial charge in [0, 0.05) is 32.7 Å². The lowest BCUT2D eigenvalue weighted by atomic mass is 10.3. The zero-order valence-corrected chi connectivity index (χ0v) is 16.7. The summed E-state index contributed by atoms with van der Waals surface area (Å²) in [6.07, 6.45) is 0. The van der Waals surface area contributed by atoms with Crippen molar-refractivity contribution in [1.82, 2.24) is 9.21 Å². The highest BCUT2D eigenvalue weighted by Gasteiger charge is 2.28. The van der Waals surface area contributed by atoms with Crippen molar-refractivity contribution in [3.8, 4) is 11.5 Å². The zero-order chi connectivity index (χ0) is 20.0. The van der Waals surface area contributed by atoms with Crippen LogP contribution in [0.3, 0.4) is 0 Å². The number of halogens is 1. The number of ether oxygens (including phenoxy) is 2. The highest BCUT2D eigenvalue weighted by Crippen LogP contribution is 2.21. The predicted octanol–water partition coefficient (Wildman–Crippen LogP) is 2.61. The predicted molar refractivity (Wildman–Crippen MR) is 105 cm³/mol. The van der Waals surface area contributed by atoms with Gasteiger partial charge in [-0.15, -0.1) is 0 Å². The van der Waals surface area contributed by atoms with Gasteiger partial charge < -0.3 is 9.47 Å². The van der Waals surface area contributed by atoms with Crippen LogP contribution in [0.25, 0.3) is 0 Å². The molecular weight excluding hydrogens is 383 g/mol. The molecule has 3 rings (SSSR count). The number of hydrogen-bond acceptors (Lipinski definition) is 5. The molecule has 1 aliphatic heterocycles. The van der Waals surface area contributed by atoms with Crippen LogP contribution in [0.2, 0.25) is 0 Å². The fourth-order valence-corrected chi connectivity index (χ4v) is 4.46. The summed E-state index contributed by atoms with van der Waals surface area (Å²) < 4.78 is 51.0. The fraction of sp³-hybridized carbons (Fsp3) is 0.400. The van der Waals surface area contributed by atoms with E-state index in [1.807, 2.05) is 6.92 Å². The third kappa shape index (κ3) is 5.21. The van der Waals surface area contributed by atoms with Crippen molar-refractivity contribution in [2.75, 3.05) is 45.9 Å². The van der Waals surface area contributed by atoms with Crippen molar-refractivity contribution in [2.24, 2.45) is 0 Å². The van der Waals surface area contributed by atoms with E-state index in [9.17, 15) is 12.8 Å². The van der Waals surface area contributed by atoms with Crippen LogP contribution in [0.5, 0.6) is 11.5 Å². The molecular formula is C20H25FN2O4S. The van der Waals surface area contributed by atoms with Crippen LogP contribution in [-0.4, -0.2) is 63.6 Å². The van der Waals surface area contributed by atoms with Gasteiger partial charge in [-0.05, 0) is 55.5 Å². The van der Waals surface area contributed by atoms with Crippen molar-refractivity contribution < 1.29 is 22.3 Å². The van der Waals surface area contributed by atoms with Crippen molar-refractivity contribution in [2.45, 2.75) is 11.8 Å². The highest BCUT2D eigenvalue weighted by atomic mass is 32.2. The first kappa shape index (κ1) is 20.6. The van der Waals surface area contributed by atoms with E-state index in [1.54, 1.807) is 36.4 Å². The molecule has 152 valence electrons. The topological polar surface area (TPSA) is 59.1 Å². The van der Waals surface area contributed by atoms with Crippen LogP contribution in [0.1, 0.15) is 6.92 Å². The average molecular weight is 408 g/mol. The first-order chi connectivity index (χ1) is 13.5. The zero-order valence-electron chi connectivity index (χ0n) is 15.9. The molecule has 0 aliphatic carbocycles. The second kappa shape index (κ2) is 9.36. The number of benzene rings is 2. The molecule has 2 aromatic rings. The number of rotatable bonds is 8. The summed E-state index contributed by atoms with van der Waals surface area (Å²) in [5, 5.41) is 0. The minimum absolute atomic E-state index is 0.282. The van der Waals surface area contributed by atoms with Crippen molar-refractivity contribution >= 4 is 10.0 Å². The summed E-state index contributed by atoms with van der Waals surface area (Å²) in [5.74, 6) is 0.989. The number of nitrogens with zero attached hydrogens (tertiary/aromatic N) is 2. The molecule has 0 saturated carbocycles. The van der Waals surface area contributed by atoms with E-state index >= 15 is 0 Å². The molecule has 0 bridgehead atoms. The molecule has 0 aromatic heterocycles. The first-order valence-electron chi connectivity index (χ1n) is 9.33. The molecule has 0 radical (unpaired) electrons. The molecule has 8 heteroatoms. The molecule has 1 aliphatic rings. The van der Waals surface area contributed by atoms with Crippen molar-refractivity contribution in [3.05, 3.63) is 54.3 Å². The lowest BCUT2D eigenvalue weighted by Gasteiger charge is -2.33. The molecule has 0 unspecified atom stereocenters. The van der Waals surface area contributed by atoms with E-state index in [1.165, 1.54) is 16.4 Å². The maximum atomic E-state index is 12.9. The second-order valence-corrected chi connectivity index (χ2v) is 8.39. The maximum absolute atomic E-state index is 12.9. The molecule has 2 aromatic carbocycles. The van der Waals surface area contributed by atoms with Crippen LogP contribution < -0.4 is 9.47 Å². The van der Waals surface area contributed by atoms with Crippen LogP contribution in [-0.2, 0) is 10.0 Å². The summed E-state index contributed by atoms with van der Waals surface area (Å²) in [5.41, 5.74) is 0. The van der Waals surface area contributed by atoms with E-state index in [0.29, 0.717) is 57.4 Å². The van der Waals surface area contributed by atoms with Gasteiger partial charge in [-0.25, -0.2) is 12.8 Å². The summed E-state index contributed by atoms with van der Waals surface area (Å²) in [7, 11) is -3.50. The Hall–Kier alpha value is -2.16. The van der Waals surface area contributed by atoms with Gasteiger partial charge in [0.15, 0.2) is 0 Å². The Bertz CT molecular complexity index is 849. The lowest BCUT2D eigenvalue weighted by Crippen LogP contribution is -2.49. The lowest BCUT2D eigenvalue weighted by molar-refractivity contribution is 0.159. The van der Waals surface area contributed by atoms with Crippen LogP contribution >= 0.6 is 0 Å². The summed E-state index contributed by atoms with van der Waals surface area (Å²) in [6, 6.07) is 12.4. The van der Waals surface area contributed by atoms with Crippen molar-refractivity contribution in [3.63, 3.8) is 0 Å². The SMILES string of the molecule is CCOc1ccc(S(=O)(=O)N2CCN(CCOc3ccc(F)cc3)CC2)cc1. The largest absolute Gasteiger partial charge is 0.494 e. The Morgan fingerprint density at radius 2 is 1.46 bits per heavy atom. The summed E-state index contributed by atoms with van der Waals surface area (Å²) >= 11 is 0. The Balaban J connectivity index is 1.47. The minimum atomic E-state index is -3.50. The van der Waals surface area contributed by atoms with Crippen LogP contribution in [0.4, 0.5) is 4.39 Å². The Kier molecular flexibility index (Phi) is 6.88. The fourth-order valence-electron chi connectivity index (χ4n) is 3.04.